The fraction of sp³-hybridized carbons (Fsp3) is 0.389. The van der Waals surface area contributed by atoms with Gasteiger partial charge in [-0.15, -0.1) is 0 Å². The highest BCUT2D eigenvalue weighted by Crippen LogP contribution is 2.31. The van der Waals surface area contributed by atoms with E-state index >= 15 is 0 Å². The molecule has 1 amide bonds. The standard InChI is InChI=1S/C18H20F2N4O/c1-11-21-9-12(17(23-11)16-4-3-7-24(16)2)10-22-18(25)14-8-13(19)5-6-15(14)20/h5-6,8-9,16H,3-4,7,10H2,1-2H3,(H,22,25)/t16-/m1/s1. The first-order valence-corrected chi connectivity index (χ1v) is 8.21. The van der Waals surface area contributed by atoms with Gasteiger partial charge in [0.25, 0.3) is 5.91 Å². The third kappa shape index (κ3) is 3.82. The van der Waals surface area contributed by atoms with Crippen molar-refractivity contribution in [3.05, 3.63) is 58.7 Å². The largest absolute Gasteiger partial charge is 0.348 e. The van der Waals surface area contributed by atoms with E-state index in [1.54, 1.807) is 6.20 Å². The van der Waals surface area contributed by atoms with E-state index in [0.717, 1.165) is 48.8 Å². The van der Waals surface area contributed by atoms with Crippen LogP contribution in [0, 0.1) is 18.6 Å². The predicted molar refractivity (Wildman–Crippen MR) is 88.9 cm³/mol. The number of nitrogens with zero attached hydrogens (tertiary/aromatic N) is 3. The van der Waals surface area contributed by atoms with E-state index in [1.807, 2.05) is 14.0 Å². The van der Waals surface area contributed by atoms with E-state index in [-0.39, 0.29) is 18.2 Å². The Kier molecular flexibility index (Phi) is 5.03. The van der Waals surface area contributed by atoms with Crippen molar-refractivity contribution < 1.29 is 13.6 Å². The topological polar surface area (TPSA) is 58.1 Å². The molecule has 2 aromatic rings. The number of aromatic nitrogens is 2. The predicted octanol–water partition coefficient (Wildman–Crippen LogP) is 2.76. The Bertz CT molecular complexity index is 797. The van der Waals surface area contributed by atoms with Crippen molar-refractivity contribution in [2.24, 2.45) is 0 Å². The first-order chi connectivity index (χ1) is 12.0. The van der Waals surface area contributed by atoms with E-state index in [0.29, 0.717) is 5.82 Å². The highest BCUT2D eigenvalue weighted by atomic mass is 19.1. The lowest BCUT2D eigenvalue weighted by Gasteiger charge is -2.21. The summed E-state index contributed by atoms with van der Waals surface area (Å²) in [5.74, 6) is -1.40. The monoisotopic (exact) mass is 346 g/mol. The zero-order valence-corrected chi connectivity index (χ0v) is 14.2. The molecule has 1 N–H and O–H groups in total. The molecule has 3 rings (SSSR count). The summed E-state index contributed by atoms with van der Waals surface area (Å²) in [6.07, 6.45) is 3.77. The van der Waals surface area contributed by atoms with Crippen LogP contribution in [0.2, 0.25) is 0 Å². The van der Waals surface area contributed by atoms with E-state index < -0.39 is 17.5 Å². The van der Waals surface area contributed by atoms with Crippen LogP contribution in [0.1, 0.15) is 46.3 Å². The molecular formula is C18H20F2N4O. The Balaban J connectivity index is 1.79. The average molecular weight is 346 g/mol. The number of amides is 1. The van der Waals surface area contributed by atoms with Gasteiger partial charge in [0.15, 0.2) is 0 Å². The van der Waals surface area contributed by atoms with E-state index in [1.165, 1.54) is 0 Å². The lowest BCUT2D eigenvalue weighted by molar-refractivity contribution is 0.0946. The van der Waals surface area contributed by atoms with Crippen LogP contribution in [0.25, 0.3) is 0 Å². The van der Waals surface area contributed by atoms with Crippen molar-refractivity contribution in [1.82, 2.24) is 20.2 Å². The second kappa shape index (κ2) is 7.23. The van der Waals surface area contributed by atoms with Crippen molar-refractivity contribution >= 4 is 5.91 Å². The molecule has 0 radical (unpaired) electrons. The van der Waals surface area contributed by atoms with Gasteiger partial charge in [0.1, 0.15) is 17.5 Å². The minimum atomic E-state index is -0.755. The highest BCUT2D eigenvalue weighted by molar-refractivity contribution is 5.94. The number of nitrogens with one attached hydrogen (secondary N) is 1. The number of carbonyl (C=O) groups excluding carboxylic acids is 1. The van der Waals surface area contributed by atoms with Crippen LogP contribution in [-0.2, 0) is 6.54 Å². The van der Waals surface area contributed by atoms with Gasteiger partial charge in [-0.25, -0.2) is 18.7 Å². The van der Waals surface area contributed by atoms with E-state index in [2.05, 4.69) is 20.2 Å². The molecule has 1 fully saturated rings. The molecule has 0 saturated carbocycles. The number of likely N-dealkylation sites (tertiary alicyclic amines) is 1. The van der Waals surface area contributed by atoms with E-state index in [4.69, 9.17) is 0 Å². The molecule has 1 aromatic carbocycles. The van der Waals surface area contributed by atoms with Crippen LogP contribution in [0.15, 0.2) is 24.4 Å². The van der Waals surface area contributed by atoms with Gasteiger partial charge in [-0.2, -0.15) is 0 Å². The Morgan fingerprint density at radius 3 is 2.92 bits per heavy atom. The van der Waals surface area contributed by atoms with Crippen molar-refractivity contribution in [2.45, 2.75) is 32.4 Å². The molecule has 2 heterocycles. The molecule has 5 nitrogen and oxygen atoms in total. The van der Waals surface area contributed by atoms with Crippen LogP contribution >= 0.6 is 0 Å². The van der Waals surface area contributed by atoms with Crippen molar-refractivity contribution in [2.75, 3.05) is 13.6 Å². The van der Waals surface area contributed by atoms with Gasteiger partial charge in [-0.1, -0.05) is 0 Å². The van der Waals surface area contributed by atoms with Gasteiger partial charge in [0.05, 0.1) is 17.3 Å². The highest BCUT2D eigenvalue weighted by Gasteiger charge is 2.26. The molecule has 1 aliphatic heterocycles. The maximum atomic E-state index is 13.7. The SMILES string of the molecule is Cc1ncc(CNC(=O)c2cc(F)ccc2F)c([C@H]2CCCN2C)n1. The summed E-state index contributed by atoms with van der Waals surface area (Å²) in [4.78, 5) is 23.2. The second-order valence-corrected chi connectivity index (χ2v) is 6.27. The zero-order chi connectivity index (χ0) is 18.0. The van der Waals surface area contributed by atoms with Gasteiger partial charge >= 0.3 is 0 Å². The summed E-state index contributed by atoms with van der Waals surface area (Å²) < 4.78 is 27.0. The number of rotatable bonds is 4. The maximum absolute atomic E-state index is 13.7. The quantitative estimate of drug-likeness (QED) is 0.925. The summed E-state index contributed by atoms with van der Waals surface area (Å²) in [5, 5.41) is 2.64. The Labute approximate surface area is 145 Å². The van der Waals surface area contributed by atoms with Crippen molar-refractivity contribution in [3.63, 3.8) is 0 Å². The molecule has 0 aliphatic carbocycles. The normalized spacial score (nSPS) is 17.7. The van der Waals surface area contributed by atoms with Gasteiger partial charge in [0, 0.05) is 18.3 Å². The van der Waals surface area contributed by atoms with Crippen LogP contribution in [0.3, 0.4) is 0 Å². The smallest absolute Gasteiger partial charge is 0.254 e. The lowest BCUT2D eigenvalue weighted by atomic mass is 10.1. The Morgan fingerprint density at radius 2 is 2.20 bits per heavy atom. The lowest BCUT2D eigenvalue weighted by Crippen LogP contribution is -2.27. The van der Waals surface area contributed by atoms with Crippen molar-refractivity contribution in [3.8, 4) is 0 Å². The van der Waals surface area contributed by atoms with Crippen LogP contribution < -0.4 is 5.32 Å². The molecule has 1 aromatic heterocycles. The summed E-state index contributed by atoms with van der Waals surface area (Å²) in [5.41, 5.74) is 1.36. The Hall–Kier alpha value is -2.41. The first-order valence-electron chi connectivity index (χ1n) is 8.21. The second-order valence-electron chi connectivity index (χ2n) is 6.27. The molecular weight excluding hydrogens is 326 g/mol. The Morgan fingerprint density at radius 1 is 1.40 bits per heavy atom. The summed E-state index contributed by atoms with van der Waals surface area (Å²) >= 11 is 0. The number of hydrogen-bond donors (Lipinski definition) is 1. The molecule has 1 saturated heterocycles. The molecule has 25 heavy (non-hydrogen) atoms. The summed E-state index contributed by atoms with van der Waals surface area (Å²) in [7, 11) is 2.04. The number of halogens is 2. The number of aryl methyl sites for hydroxylation is 1. The number of carbonyl (C=O) groups is 1. The minimum Gasteiger partial charge on any atom is -0.348 e. The van der Waals surface area contributed by atoms with Crippen molar-refractivity contribution in [1.29, 1.82) is 0 Å². The molecule has 1 aliphatic rings. The van der Waals surface area contributed by atoms with Gasteiger partial charge in [-0.3, -0.25) is 9.69 Å². The third-order valence-corrected chi connectivity index (χ3v) is 4.47. The maximum Gasteiger partial charge on any atom is 0.254 e. The fourth-order valence-corrected chi connectivity index (χ4v) is 3.14. The summed E-state index contributed by atoms with van der Waals surface area (Å²) in [6, 6.07) is 2.99. The fourth-order valence-electron chi connectivity index (χ4n) is 3.14. The van der Waals surface area contributed by atoms with Crippen LogP contribution in [0.4, 0.5) is 8.78 Å². The number of benzene rings is 1. The summed E-state index contributed by atoms with van der Waals surface area (Å²) in [6.45, 7) is 2.98. The van der Waals surface area contributed by atoms with Gasteiger partial charge < -0.3 is 5.32 Å². The molecule has 1 atom stereocenters. The third-order valence-electron chi connectivity index (χ3n) is 4.47. The number of hydrogen-bond acceptors (Lipinski definition) is 4. The van der Waals surface area contributed by atoms with Gasteiger partial charge in [0.2, 0.25) is 0 Å². The van der Waals surface area contributed by atoms with Crippen LogP contribution in [0.5, 0.6) is 0 Å². The first kappa shape index (κ1) is 17.4. The average Bonchev–Trinajstić information content (AvgIpc) is 3.01. The van der Waals surface area contributed by atoms with E-state index in [9.17, 15) is 13.6 Å². The molecule has 0 unspecified atom stereocenters. The van der Waals surface area contributed by atoms with Crippen LogP contribution in [-0.4, -0.2) is 34.4 Å². The molecule has 7 heteroatoms. The minimum absolute atomic E-state index is 0.161. The molecule has 0 bridgehead atoms. The zero-order valence-electron chi connectivity index (χ0n) is 14.2. The molecule has 0 spiro atoms. The van der Waals surface area contributed by atoms with Gasteiger partial charge in [-0.05, 0) is 51.6 Å². The molecule has 132 valence electrons.